The van der Waals surface area contributed by atoms with Crippen molar-refractivity contribution in [1.29, 1.82) is 0 Å². The summed E-state index contributed by atoms with van der Waals surface area (Å²) >= 11 is 0. The van der Waals surface area contributed by atoms with Gasteiger partial charge in [0.15, 0.2) is 5.78 Å². The summed E-state index contributed by atoms with van der Waals surface area (Å²) in [5.41, 5.74) is 2.79. The van der Waals surface area contributed by atoms with Crippen LogP contribution in [0.4, 0.5) is 0 Å². The van der Waals surface area contributed by atoms with Gasteiger partial charge in [-0.15, -0.1) is 0 Å². The molecule has 4 rings (SSSR count). The number of ketones is 1. The summed E-state index contributed by atoms with van der Waals surface area (Å²) in [7, 11) is 0. The summed E-state index contributed by atoms with van der Waals surface area (Å²) in [6.07, 6.45) is 13.3. The van der Waals surface area contributed by atoms with Crippen molar-refractivity contribution in [3.05, 3.63) is 102 Å². The highest BCUT2D eigenvalue weighted by Crippen LogP contribution is 2.30. The predicted octanol–water partition coefficient (Wildman–Crippen LogP) is 5.64. The van der Waals surface area contributed by atoms with E-state index in [1.165, 1.54) is 0 Å². The molecular formula is C29H33N3O2. The molecule has 1 aromatic carbocycles. The smallest absolute Gasteiger partial charge is 0.227 e. The number of unbranched alkanes of at least 4 members (excludes halogenated alkanes) is 1. The molecule has 0 radical (unpaired) electrons. The monoisotopic (exact) mass is 455 g/mol. The molecular weight excluding hydrogens is 422 g/mol. The predicted molar refractivity (Wildman–Crippen MR) is 134 cm³/mol. The van der Waals surface area contributed by atoms with E-state index in [4.69, 9.17) is 0 Å². The van der Waals surface area contributed by atoms with Crippen molar-refractivity contribution < 1.29 is 9.59 Å². The molecule has 5 heteroatoms. The Morgan fingerprint density at radius 1 is 1.06 bits per heavy atom. The van der Waals surface area contributed by atoms with Gasteiger partial charge in [-0.05, 0) is 48.6 Å². The Morgan fingerprint density at radius 3 is 2.68 bits per heavy atom. The molecule has 3 heterocycles. The van der Waals surface area contributed by atoms with Crippen molar-refractivity contribution in [3.63, 3.8) is 0 Å². The van der Waals surface area contributed by atoms with Gasteiger partial charge in [0.25, 0.3) is 0 Å². The van der Waals surface area contributed by atoms with E-state index in [9.17, 15) is 9.59 Å². The number of pyridine rings is 1. The van der Waals surface area contributed by atoms with Crippen LogP contribution in [0.15, 0.2) is 85.3 Å². The van der Waals surface area contributed by atoms with Crippen molar-refractivity contribution in [3.8, 4) is 0 Å². The third-order valence-electron chi connectivity index (χ3n) is 6.53. The average molecular weight is 456 g/mol. The third kappa shape index (κ3) is 5.71. The first kappa shape index (κ1) is 23.7. The number of aromatic nitrogens is 2. The van der Waals surface area contributed by atoms with Crippen molar-refractivity contribution in [2.24, 2.45) is 5.92 Å². The van der Waals surface area contributed by atoms with Gasteiger partial charge in [-0.3, -0.25) is 14.6 Å². The lowest BCUT2D eigenvalue weighted by molar-refractivity contribution is -0.137. The van der Waals surface area contributed by atoms with Crippen LogP contribution in [0.2, 0.25) is 0 Å². The van der Waals surface area contributed by atoms with E-state index in [1.807, 2.05) is 82.5 Å². The molecule has 0 aliphatic carbocycles. The molecule has 0 bridgehead atoms. The fourth-order valence-electron chi connectivity index (χ4n) is 4.70. The molecule has 0 N–H and O–H groups in total. The molecule has 0 saturated carbocycles. The average Bonchev–Trinajstić information content (AvgIpc) is 3.36. The summed E-state index contributed by atoms with van der Waals surface area (Å²) in [4.78, 5) is 33.6. The van der Waals surface area contributed by atoms with Crippen molar-refractivity contribution in [1.82, 2.24) is 14.5 Å². The minimum absolute atomic E-state index is 0.0286. The summed E-state index contributed by atoms with van der Waals surface area (Å²) in [6, 6.07) is 17.7. The van der Waals surface area contributed by atoms with Crippen LogP contribution in [0.5, 0.6) is 0 Å². The third-order valence-corrected chi connectivity index (χ3v) is 6.53. The summed E-state index contributed by atoms with van der Waals surface area (Å²) in [6.45, 7) is 3.51. The normalized spacial score (nSPS) is 16.4. The van der Waals surface area contributed by atoms with Gasteiger partial charge >= 0.3 is 0 Å². The Kier molecular flexibility index (Phi) is 8.08. The first-order chi connectivity index (χ1) is 16.7. The lowest BCUT2D eigenvalue weighted by Crippen LogP contribution is -2.42. The molecule has 1 unspecified atom stereocenters. The fourth-order valence-corrected chi connectivity index (χ4v) is 4.70. The molecule has 1 aliphatic rings. The molecule has 0 fully saturated rings. The van der Waals surface area contributed by atoms with E-state index in [1.54, 1.807) is 6.20 Å². The molecule has 1 amide bonds. The zero-order valence-corrected chi connectivity index (χ0v) is 19.8. The molecule has 2 aromatic heterocycles. The second-order valence-corrected chi connectivity index (χ2v) is 8.95. The van der Waals surface area contributed by atoms with Gasteiger partial charge in [0.1, 0.15) is 0 Å². The highest BCUT2D eigenvalue weighted by molar-refractivity contribution is 5.97. The van der Waals surface area contributed by atoms with E-state index in [2.05, 4.69) is 18.0 Å². The van der Waals surface area contributed by atoms with Crippen LogP contribution in [0.3, 0.4) is 0 Å². The molecule has 5 nitrogen and oxygen atoms in total. The number of carbonyl (C=O) groups excluding carboxylic acids is 2. The van der Waals surface area contributed by atoms with E-state index < -0.39 is 5.92 Å². The number of benzene rings is 1. The number of carbonyl (C=O) groups is 2. The Labute approximate surface area is 202 Å². The molecule has 0 spiro atoms. The lowest BCUT2D eigenvalue weighted by atomic mass is 9.90. The maximum Gasteiger partial charge on any atom is 0.227 e. The van der Waals surface area contributed by atoms with Crippen molar-refractivity contribution in [2.75, 3.05) is 6.54 Å². The quantitative estimate of drug-likeness (QED) is 0.293. The standard InChI is InChI=1S/C29H33N3O2/c1-2-3-17-31-18-10-15-27(31)28(33)21-25(20-23-11-5-4-6-12-23)29(34)32-19-8-7-14-26(32)24-13-9-16-30-22-24/h4-13,15-16,18,22,25-26H,2-3,14,17,19-21H2,1H3/t25-,26?/m1/s1. The van der Waals surface area contributed by atoms with Crippen molar-refractivity contribution >= 4 is 11.7 Å². The summed E-state index contributed by atoms with van der Waals surface area (Å²) in [5, 5.41) is 0. The summed E-state index contributed by atoms with van der Waals surface area (Å²) in [5.74, 6) is -0.363. The number of amides is 1. The van der Waals surface area contributed by atoms with E-state index in [0.717, 1.165) is 36.9 Å². The Hall–Kier alpha value is -3.47. The van der Waals surface area contributed by atoms with Gasteiger partial charge in [-0.1, -0.05) is 61.9 Å². The number of nitrogens with zero attached hydrogens (tertiary/aromatic N) is 3. The Morgan fingerprint density at radius 2 is 1.91 bits per heavy atom. The zero-order valence-electron chi connectivity index (χ0n) is 19.8. The highest BCUT2D eigenvalue weighted by Gasteiger charge is 2.33. The van der Waals surface area contributed by atoms with Crippen LogP contribution in [-0.4, -0.2) is 32.7 Å². The number of aryl methyl sites for hydroxylation is 1. The number of hydrogen-bond donors (Lipinski definition) is 0. The van der Waals surface area contributed by atoms with Crippen LogP contribution >= 0.6 is 0 Å². The van der Waals surface area contributed by atoms with Crippen LogP contribution in [0.25, 0.3) is 0 Å². The van der Waals surface area contributed by atoms with Crippen molar-refractivity contribution in [2.45, 2.75) is 51.6 Å². The molecule has 0 saturated heterocycles. The van der Waals surface area contributed by atoms with Gasteiger partial charge in [-0.25, -0.2) is 0 Å². The molecule has 3 aromatic rings. The van der Waals surface area contributed by atoms with Crippen LogP contribution in [0, 0.1) is 5.92 Å². The second-order valence-electron chi connectivity index (χ2n) is 8.95. The van der Waals surface area contributed by atoms with Gasteiger partial charge in [-0.2, -0.15) is 0 Å². The molecule has 1 aliphatic heterocycles. The highest BCUT2D eigenvalue weighted by atomic mass is 16.2. The largest absolute Gasteiger partial charge is 0.345 e. The number of rotatable bonds is 10. The maximum absolute atomic E-state index is 14.0. The van der Waals surface area contributed by atoms with E-state index in [-0.39, 0.29) is 24.2 Å². The fraction of sp³-hybridized carbons (Fsp3) is 0.345. The van der Waals surface area contributed by atoms with Gasteiger partial charge in [0, 0.05) is 44.0 Å². The molecule has 34 heavy (non-hydrogen) atoms. The second kappa shape index (κ2) is 11.6. The van der Waals surface area contributed by atoms with E-state index >= 15 is 0 Å². The minimum Gasteiger partial charge on any atom is -0.345 e. The first-order valence-corrected chi connectivity index (χ1v) is 12.2. The lowest BCUT2D eigenvalue weighted by Gasteiger charge is -2.35. The van der Waals surface area contributed by atoms with Crippen LogP contribution in [-0.2, 0) is 17.8 Å². The minimum atomic E-state index is -0.421. The topological polar surface area (TPSA) is 55.2 Å². The molecule has 2 atom stereocenters. The number of Topliss-reactive ketones (excluding diaryl/α,β-unsaturated/α-hetero) is 1. The Balaban J connectivity index is 1.59. The van der Waals surface area contributed by atoms with Gasteiger partial charge in [0.05, 0.1) is 11.7 Å². The van der Waals surface area contributed by atoms with E-state index in [0.29, 0.717) is 18.7 Å². The zero-order chi connectivity index (χ0) is 23.8. The summed E-state index contributed by atoms with van der Waals surface area (Å²) < 4.78 is 2.03. The maximum atomic E-state index is 14.0. The number of hydrogen-bond acceptors (Lipinski definition) is 3. The Bertz CT molecular complexity index is 1100. The first-order valence-electron chi connectivity index (χ1n) is 12.2. The van der Waals surface area contributed by atoms with Crippen LogP contribution in [0.1, 0.15) is 60.3 Å². The van der Waals surface area contributed by atoms with Crippen LogP contribution < -0.4 is 0 Å². The SMILES string of the molecule is CCCCn1cccc1C(=O)C[C@@H](Cc1ccccc1)C(=O)N1CC=CCC1c1cccnc1. The van der Waals surface area contributed by atoms with Gasteiger partial charge < -0.3 is 9.47 Å². The molecule has 176 valence electrons. The van der Waals surface area contributed by atoms with Gasteiger partial charge in [0.2, 0.25) is 5.91 Å².